The number of carbonyl (C=O) groups is 1. The molecular formula is C10H20O. The summed E-state index contributed by atoms with van der Waals surface area (Å²) >= 11 is 0. The minimum Gasteiger partial charge on any atom is -0.300 e. The summed E-state index contributed by atoms with van der Waals surface area (Å²) in [6.45, 7) is 8.33. The van der Waals surface area contributed by atoms with E-state index in [1.807, 2.05) is 0 Å². The Hall–Kier alpha value is -0.330. The van der Waals surface area contributed by atoms with Crippen LogP contribution >= 0.6 is 0 Å². The van der Waals surface area contributed by atoms with Crippen molar-refractivity contribution < 1.29 is 4.79 Å². The Morgan fingerprint density at radius 1 is 1.36 bits per heavy atom. The summed E-state index contributed by atoms with van der Waals surface area (Å²) in [6.07, 6.45) is 3.03. The van der Waals surface area contributed by atoms with Gasteiger partial charge in [-0.3, -0.25) is 0 Å². The second-order valence-electron chi connectivity index (χ2n) is 3.65. The van der Waals surface area contributed by atoms with Gasteiger partial charge in [0.05, 0.1) is 0 Å². The maximum absolute atomic E-state index is 10.7. The molecule has 1 unspecified atom stereocenters. The van der Waals surface area contributed by atoms with E-state index in [0.717, 1.165) is 24.7 Å². The Bertz CT molecular complexity index is 116. The average Bonchev–Trinajstić information content (AvgIpc) is 1.87. The first-order valence-corrected chi connectivity index (χ1v) is 4.57. The first-order chi connectivity index (χ1) is 5.07. The first kappa shape index (κ1) is 10.7. The standard InChI is InChI=1S/C10H20O/c1-5-10(8(2)3)7-6-9(4)11/h8,10H,5-7H2,1-4H3. The molecule has 0 aliphatic carbocycles. The fraction of sp³-hybridized carbons (Fsp3) is 0.900. The fourth-order valence-corrected chi connectivity index (χ4v) is 1.40. The third-order valence-electron chi connectivity index (χ3n) is 2.33. The Morgan fingerprint density at radius 2 is 1.91 bits per heavy atom. The summed E-state index contributed by atoms with van der Waals surface area (Å²) in [4.78, 5) is 10.7. The highest BCUT2D eigenvalue weighted by molar-refractivity contribution is 5.75. The summed E-state index contributed by atoms with van der Waals surface area (Å²) < 4.78 is 0. The highest BCUT2D eigenvalue weighted by Gasteiger charge is 2.10. The minimum absolute atomic E-state index is 0.323. The molecule has 0 saturated heterocycles. The number of hydrogen-bond donors (Lipinski definition) is 0. The van der Waals surface area contributed by atoms with Gasteiger partial charge in [0.25, 0.3) is 0 Å². The molecule has 0 fully saturated rings. The number of hydrogen-bond acceptors (Lipinski definition) is 1. The highest BCUT2D eigenvalue weighted by atomic mass is 16.1. The molecule has 0 aliphatic heterocycles. The topological polar surface area (TPSA) is 17.1 Å². The number of rotatable bonds is 5. The molecule has 1 heteroatoms. The van der Waals surface area contributed by atoms with Crippen LogP contribution in [0.15, 0.2) is 0 Å². The molecule has 0 radical (unpaired) electrons. The van der Waals surface area contributed by atoms with Crippen molar-refractivity contribution in [1.82, 2.24) is 0 Å². The van der Waals surface area contributed by atoms with Gasteiger partial charge < -0.3 is 4.79 Å². The number of Topliss-reactive ketones (excluding diaryl/α,β-unsaturated/α-hetero) is 1. The molecule has 0 aliphatic rings. The van der Waals surface area contributed by atoms with Crippen molar-refractivity contribution in [3.05, 3.63) is 0 Å². The van der Waals surface area contributed by atoms with Gasteiger partial charge in [-0.15, -0.1) is 0 Å². The molecule has 1 atom stereocenters. The van der Waals surface area contributed by atoms with E-state index in [0.29, 0.717) is 5.78 Å². The molecule has 0 amide bonds. The Morgan fingerprint density at radius 3 is 2.18 bits per heavy atom. The van der Waals surface area contributed by atoms with Crippen LogP contribution in [-0.4, -0.2) is 5.78 Å². The van der Waals surface area contributed by atoms with Crippen LogP contribution in [0.2, 0.25) is 0 Å². The van der Waals surface area contributed by atoms with E-state index in [9.17, 15) is 4.79 Å². The summed E-state index contributed by atoms with van der Waals surface area (Å²) in [5, 5.41) is 0. The predicted molar refractivity (Wildman–Crippen MR) is 48.5 cm³/mol. The molecule has 0 rings (SSSR count). The summed E-state index contributed by atoms with van der Waals surface area (Å²) in [5.74, 6) is 1.78. The van der Waals surface area contributed by atoms with Gasteiger partial charge in [0.1, 0.15) is 5.78 Å². The Kier molecular flexibility index (Phi) is 5.18. The highest BCUT2D eigenvalue weighted by Crippen LogP contribution is 2.20. The SMILES string of the molecule is CCC(CCC(C)=O)C(C)C. The zero-order valence-electron chi connectivity index (χ0n) is 8.18. The van der Waals surface area contributed by atoms with E-state index < -0.39 is 0 Å². The van der Waals surface area contributed by atoms with E-state index in [1.165, 1.54) is 6.42 Å². The molecule has 0 saturated carbocycles. The summed E-state index contributed by atoms with van der Waals surface area (Å²) in [6, 6.07) is 0. The fourth-order valence-electron chi connectivity index (χ4n) is 1.40. The van der Waals surface area contributed by atoms with Crippen LogP contribution in [-0.2, 0) is 4.79 Å². The second-order valence-corrected chi connectivity index (χ2v) is 3.65. The molecule has 0 spiro atoms. The lowest BCUT2D eigenvalue weighted by Crippen LogP contribution is -2.08. The molecule has 0 aromatic heterocycles. The van der Waals surface area contributed by atoms with Crippen LogP contribution in [0.3, 0.4) is 0 Å². The zero-order chi connectivity index (χ0) is 8.85. The molecule has 0 bridgehead atoms. The van der Waals surface area contributed by atoms with Crippen LogP contribution in [0.1, 0.15) is 47.0 Å². The van der Waals surface area contributed by atoms with Gasteiger partial charge in [-0.05, 0) is 25.2 Å². The van der Waals surface area contributed by atoms with Gasteiger partial charge in [0.15, 0.2) is 0 Å². The molecule has 0 aromatic rings. The quantitative estimate of drug-likeness (QED) is 0.598. The van der Waals surface area contributed by atoms with Gasteiger partial charge in [0.2, 0.25) is 0 Å². The second kappa shape index (κ2) is 5.34. The van der Waals surface area contributed by atoms with Crippen molar-refractivity contribution in [1.29, 1.82) is 0 Å². The van der Waals surface area contributed by atoms with Crippen LogP contribution < -0.4 is 0 Å². The largest absolute Gasteiger partial charge is 0.300 e. The molecule has 1 nitrogen and oxygen atoms in total. The van der Waals surface area contributed by atoms with Gasteiger partial charge in [-0.25, -0.2) is 0 Å². The van der Waals surface area contributed by atoms with Crippen molar-refractivity contribution in [2.75, 3.05) is 0 Å². The van der Waals surface area contributed by atoms with Crippen molar-refractivity contribution in [2.24, 2.45) is 11.8 Å². The lowest BCUT2D eigenvalue weighted by Gasteiger charge is -2.17. The predicted octanol–water partition coefficient (Wildman–Crippen LogP) is 3.04. The van der Waals surface area contributed by atoms with E-state index in [4.69, 9.17) is 0 Å². The molecule has 0 heterocycles. The smallest absolute Gasteiger partial charge is 0.129 e. The maximum atomic E-state index is 10.7. The molecule has 11 heavy (non-hydrogen) atoms. The van der Waals surface area contributed by atoms with Gasteiger partial charge in [-0.2, -0.15) is 0 Å². The third-order valence-corrected chi connectivity index (χ3v) is 2.33. The zero-order valence-corrected chi connectivity index (χ0v) is 8.18. The lowest BCUT2D eigenvalue weighted by molar-refractivity contribution is -0.117. The van der Waals surface area contributed by atoms with Gasteiger partial charge >= 0.3 is 0 Å². The third kappa shape index (κ3) is 5.00. The van der Waals surface area contributed by atoms with Crippen LogP contribution in [0.5, 0.6) is 0 Å². The maximum Gasteiger partial charge on any atom is 0.129 e. The van der Waals surface area contributed by atoms with E-state index in [2.05, 4.69) is 20.8 Å². The van der Waals surface area contributed by atoms with Crippen LogP contribution in [0, 0.1) is 11.8 Å². The summed E-state index contributed by atoms with van der Waals surface area (Å²) in [5.41, 5.74) is 0. The normalized spacial score (nSPS) is 13.5. The van der Waals surface area contributed by atoms with Crippen molar-refractivity contribution in [3.8, 4) is 0 Å². The molecule has 0 aromatic carbocycles. The Balaban J connectivity index is 3.61. The van der Waals surface area contributed by atoms with Crippen molar-refractivity contribution in [2.45, 2.75) is 47.0 Å². The van der Waals surface area contributed by atoms with E-state index >= 15 is 0 Å². The van der Waals surface area contributed by atoms with Gasteiger partial charge in [-0.1, -0.05) is 27.2 Å². The monoisotopic (exact) mass is 156 g/mol. The summed E-state index contributed by atoms with van der Waals surface area (Å²) in [7, 11) is 0. The lowest BCUT2D eigenvalue weighted by atomic mass is 9.88. The van der Waals surface area contributed by atoms with E-state index in [-0.39, 0.29) is 0 Å². The average molecular weight is 156 g/mol. The molecular weight excluding hydrogens is 136 g/mol. The number of ketones is 1. The van der Waals surface area contributed by atoms with Crippen LogP contribution in [0.4, 0.5) is 0 Å². The van der Waals surface area contributed by atoms with Gasteiger partial charge in [0, 0.05) is 6.42 Å². The van der Waals surface area contributed by atoms with E-state index in [1.54, 1.807) is 6.92 Å². The van der Waals surface area contributed by atoms with Crippen molar-refractivity contribution in [3.63, 3.8) is 0 Å². The van der Waals surface area contributed by atoms with Crippen LogP contribution in [0.25, 0.3) is 0 Å². The Labute approximate surface area is 70.2 Å². The minimum atomic E-state index is 0.323. The number of carbonyl (C=O) groups excluding carboxylic acids is 1. The molecule has 66 valence electrons. The van der Waals surface area contributed by atoms with Crippen molar-refractivity contribution >= 4 is 5.78 Å². The first-order valence-electron chi connectivity index (χ1n) is 4.57. The molecule has 0 N–H and O–H groups in total.